The van der Waals surface area contributed by atoms with Gasteiger partial charge in [-0.2, -0.15) is 0 Å². The summed E-state index contributed by atoms with van der Waals surface area (Å²) >= 11 is 3.64. The largest absolute Gasteiger partial charge is 0.390 e. The van der Waals surface area contributed by atoms with Gasteiger partial charge in [0, 0.05) is 21.1 Å². The van der Waals surface area contributed by atoms with Crippen molar-refractivity contribution in [2.75, 3.05) is 0 Å². The Kier molecular flexibility index (Phi) is 2.79. The first-order chi connectivity index (χ1) is 8.47. The van der Waals surface area contributed by atoms with Crippen LogP contribution in [0.15, 0.2) is 22.7 Å². The summed E-state index contributed by atoms with van der Waals surface area (Å²) in [5, 5.41) is 11.5. The van der Waals surface area contributed by atoms with Crippen molar-refractivity contribution >= 4 is 26.8 Å². The zero-order chi connectivity index (χ0) is 12.9. The Balaban J connectivity index is 2.08. The van der Waals surface area contributed by atoms with Crippen LogP contribution in [0.5, 0.6) is 0 Å². The van der Waals surface area contributed by atoms with Crippen LogP contribution in [0.4, 0.5) is 0 Å². The predicted octanol–water partition coefficient (Wildman–Crippen LogP) is 3.81. The van der Waals surface area contributed by atoms with Gasteiger partial charge in [-0.1, -0.05) is 22.0 Å². The molecule has 1 aliphatic carbocycles. The first-order valence-corrected chi connectivity index (χ1v) is 7.26. The summed E-state index contributed by atoms with van der Waals surface area (Å²) in [6.45, 7) is 3.84. The van der Waals surface area contributed by atoms with E-state index in [1.165, 1.54) is 26.6 Å². The quantitative estimate of drug-likeness (QED) is 0.826. The molecule has 2 nitrogen and oxygen atoms in total. The molecular formula is C15H18BrNO. The summed E-state index contributed by atoms with van der Waals surface area (Å²) in [6.07, 6.45) is 3.05. The number of H-pyrrole nitrogens is 1. The fraction of sp³-hybridized carbons (Fsp3) is 0.467. The SMILES string of the molecule is CC(C)(O)C1CCc2c([nH]c3cccc(Br)c23)C1. The molecule has 0 bridgehead atoms. The molecule has 1 aromatic heterocycles. The molecule has 1 aromatic carbocycles. The van der Waals surface area contributed by atoms with E-state index in [-0.39, 0.29) is 0 Å². The van der Waals surface area contributed by atoms with Crippen LogP contribution >= 0.6 is 15.9 Å². The third kappa shape index (κ3) is 1.90. The maximum Gasteiger partial charge on any atom is 0.0623 e. The minimum absolute atomic E-state index is 0.344. The van der Waals surface area contributed by atoms with Gasteiger partial charge in [0.2, 0.25) is 0 Å². The molecule has 0 radical (unpaired) electrons. The molecular weight excluding hydrogens is 290 g/mol. The number of aliphatic hydroxyl groups is 1. The lowest BCUT2D eigenvalue weighted by molar-refractivity contribution is 0.0107. The Morgan fingerprint density at radius 3 is 2.89 bits per heavy atom. The van der Waals surface area contributed by atoms with Crippen LogP contribution in [0.3, 0.4) is 0 Å². The first kappa shape index (κ1) is 12.2. The van der Waals surface area contributed by atoms with Gasteiger partial charge >= 0.3 is 0 Å². The van der Waals surface area contributed by atoms with Gasteiger partial charge in [0.1, 0.15) is 0 Å². The lowest BCUT2D eigenvalue weighted by atomic mass is 9.78. The Hall–Kier alpha value is -0.800. The van der Waals surface area contributed by atoms with Crippen molar-refractivity contribution in [3.8, 4) is 0 Å². The molecule has 1 unspecified atom stereocenters. The summed E-state index contributed by atoms with van der Waals surface area (Å²) in [6, 6.07) is 6.28. The molecule has 1 aliphatic rings. The van der Waals surface area contributed by atoms with Gasteiger partial charge < -0.3 is 10.1 Å². The molecule has 1 heterocycles. The van der Waals surface area contributed by atoms with Gasteiger partial charge in [0.05, 0.1) is 5.60 Å². The second kappa shape index (κ2) is 4.10. The lowest BCUT2D eigenvalue weighted by Crippen LogP contribution is -2.34. The van der Waals surface area contributed by atoms with Crippen molar-refractivity contribution < 1.29 is 5.11 Å². The molecule has 3 heteroatoms. The van der Waals surface area contributed by atoms with E-state index in [9.17, 15) is 5.11 Å². The van der Waals surface area contributed by atoms with E-state index in [0.29, 0.717) is 5.92 Å². The topological polar surface area (TPSA) is 36.0 Å². The number of aromatic nitrogens is 1. The molecule has 0 saturated carbocycles. The van der Waals surface area contributed by atoms with Gasteiger partial charge in [-0.05, 0) is 56.7 Å². The van der Waals surface area contributed by atoms with E-state index in [4.69, 9.17) is 0 Å². The Labute approximate surface area is 116 Å². The van der Waals surface area contributed by atoms with E-state index in [0.717, 1.165) is 19.3 Å². The van der Waals surface area contributed by atoms with Crippen molar-refractivity contribution in [3.05, 3.63) is 33.9 Å². The van der Waals surface area contributed by atoms with Crippen molar-refractivity contribution in [2.24, 2.45) is 5.92 Å². The molecule has 0 saturated heterocycles. The summed E-state index contributed by atoms with van der Waals surface area (Å²) < 4.78 is 1.17. The highest BCUT2D eigenvalue weighted by molar-refractivity contribution is 9.10. The second-order valence-electron chi connectivity index (χ2n) is 5.84. The number of benzene rings is 1. The van der Waals surface area contributed by atoms with Crippen molar-refractivity contribution in [1.29, 1.82) is 0 Å². The minimum Gasteiger partial charge on any atom is -0.390 e. The van der Waals surface area contributed by atoms with Crippen molar-refractivity contribution in [1.82, 2.24) is 4.98 Å². The Bertz CT molecular complexity index is 594. The van der Waals surface area contributed by atoms with Crippen LogP contribution in [0, 0.1) is 5.92 Å². The van der Waals surface area contributed by atoms with Crippen LogP contribution in [0.2, 0.25) is 0 Å². The van der Waals surface area contributed by atoms with Crippen LogP contribution in [-0.4, -0.2) is 15.7 Å². The maximum atomic E-state index is 10.2. The van der Waals surface area contributed by atoms with Gasteiger partial charge in [-0.25, -0.2) is 0 Å². The standard InChI is InChI=1S/C15H18BrNO/c1-15(2,18)9-6-7-10-13(8-9)17-12-5-3-4-11(16)14(10)12/h3-5,9,17-18H,6-8H2,1-2H3. The fourth-order valence-electron chi connectivity index (χ4n) is 3.04. The zero-order valence-corrected chi connectivity index (χ0v) is 12.3. The Morgan fingerprint density at radius 2 is 2.17 bits per heavy atom. The van der Waals surface area contributed by atoms with Crippen molar-refractivity contribution in [2.45, 2.75) is 38.7 Å². The summed E-state index contributed by atoms with van der Waals surface area (Å²) in [7, 11) is 0. The number of halogens is 1. The average molecular weight is 308 g/mol. The number of fused-ring (bicyclic) bond motifs is 3. The molecule has 3 rings (SSSR count). The number of hydrogen-bond acceptors (Lipinski definition) is 1. The van der Waals surface area contributed by atoms with Crippen LogP contribution in [0.25, 0.3) is 10.9 Å². The molecule has 1 atom stereocenters. The van der Waals surface area contributed by atoms with Gasteiger partial charge in [-0.15, -0.1) is 0 Å². The molecule has 0 spiro atoms. The number of aryl methyl sites for hydroxylation is 1. The number of hydrogen-bond donors (Lipinski definition) is 2. The van der Waals surface area contributed by atoms with Crippen LogP contribution < -0.4 is 0 Å². The normalized spacial score (nSPS) is 20.1. The van der Waals surface area contributed by atoms with Gasteiger partial charge in [0.15, 0.2) is 0 Å². The lowest BCUT2D eigenvalue weighted by Gasteiger charge is -2.32. The number of nitrogens with one attached hydrogen (secondary N) is 1. The number of aromatic amines is 1. The summed E-state index contributed by atoms with van der Waals surface area (Å²) in [5.41, 5.74) is 3.34. The Morgan fingerprint density at radius 1 is 1.39 bits per heavy atom. The van der Waals surface area contributed by atoms with Crippen LogP contribution in [-0.2, 0) is 12.8 Å². The van der Waals surface area contributed by atoms with E-state index < -0.39 is 5.60 Å². The van der Waals surface area contributed by atoms with Crippen molar-refractivity contribution in [3.63, 3.8) is 0 Å². The molecule has 0 fully saturated rings. The van der Waals surface area contributed by atoms with Crippen LogP contribution in [0.1, 0.15) is 31.5 Å². The van der Waals surface area contributed by atoms with E-state index in [1.54, 1.807) is 0 Å². The molecule has 96 valence electrons. The highest BCUT2D eigenvalue weighted by Crippen LogP contribution is 2.38. The molecule has 2 aromatic rings. The fourth-order valence-corrected chi connectivity index (χ4v) is 3.65. The summed E-state index contributed by atoms with van der Waals surface area (Å²) in [5.74, 6) is 0.344. The maximum absolute atomic E-state index is 10.2. The summed E-state index contributed by atoms with van der Waals surface area (Å²) in [4.78, 5) is 3.52. The third-order valence-corrected chi connectivity index (χ3v) is 4.82. The first-order valence-electron chi connectivity index (χ1n) is 6.47. The molecule has 0 aliphatic heterocycles. The monoisotopic (exact) mass is 307 g/mol. The van der Waals surface area contributed by atoms with Gasteiger partial charge in [-0.3, -0.25) is 0 Å². The smallest absolute Gasteiger partial charge is 0.0623 e. The van der Waals surface area contributed by atoms with Gasteiger partial charge in [0.25, 0.3) is 0 Å². The van der Waals surface area contributed by atoms with E-state index >= 15 is 0 Å². The number of rotatable bonds is 1. The molecule has 18 heavy (non-hydrogen) atoms. The zero-order valence-electron chi connectivity index (χ0n) is 10.8. The van der Waals surface area contributed by atoms with E-state index in [2.05, 4.69) is 39.1 Å². The minimum atomic E-state index is -0.591. The molecule has 2 N–H and O–H groups in total. The second-order valence-corrected chi connectivity index (χ2v) is 6.69. The highest BCUT2D eigenvalue weighted by atomic mass is 79.9. The van der Waals surface area contributed by atoms with E-state index in [1.807, 2.05) is 13.8 Å². The third-order valence-electron chi connectivity index (χ3n) is 4.16. The molecule has 0 amide bonds. The predicted molar refractivity (Wildman–Crippen MR) is 77.8 cm³/mol. The highest BCUT2D eigenvalue weighted by Gasteiger charge is 2.32. The average Bonchev–Trinajstić information content (AvgIpc) is 2.66.